The predicted molar refractivity (Wildman–Crippen MR) is 72.2 cm³/mol. The zero-order chi connectivity index (χ0) is 12.3. The molecule has 0 radical (unpaired) electrons. The quantitative estimate of drug-likeness (QED) is 0.861. The molecule has 1 atom stereocenters. The van der Waals surface area contributed by atoms with Gasteiger partial charge in [-0.15, -0.1) is 0 Å². The van der Waals surface area contributed by atoms with Gasteiger partial charge in [0, 0.05) is 16.1 Å². The number of hydrogen-bond acceptors (Lipinski definition) is 1. The molecule has 0 bridgehead atoms. The van der Waals surface area contributed by atoms with Gasteiger partial charge in [-0.3, -0.25) is 0 Å². The lowest BCUT2D eigenvalue weighted by Crippen LogP contribution is -2.28. The van der Waals surface area contributed by atoms with Gasteiger partial charge < -0.3 is 5.73 Å². The summed E-state index contributed by atoms with van der Waals surface area (Å²) in [6, 6.07) is 5.71. The molecule has 90 valence electrons. The molecule has 1 nitrogen and oxygen atoms in total. The molecule has 0 saturated heterocycles. The van der Waals surface area contributed by atoms with Crippen molar-refractivity contribution in [1.82, 2.24) is 0 Å². The third kappa shape index (κ3) is 4.73. The van der Waals surface area contributed by atoms with Gasteiger partial charge in [-0.25, -0.2) is 0 Å². The first kappa shape index (κ1) is 13.8. The summed E-state index contributed by atoms with van der Waals surface area (Å²) in [5.74, 6) is 0. The van der Waals surface area contributed by atoms with E-state index in [0.717, 1.165) is 18.4 Å². The van der Waals surface area contributed by atoms with E-state index in [4.69, 9.17) is 28.9 Å². The molecule has 1 unspecified atom stereocenters. The lowest BCUT2D eigenvalue weighted by atomic mass is 9.86. The number of rotatable bonds is 3. The summed E-state index contributed by atoms with van der Waals surface area (Å²) < 4.78 is 0. The van der Waals surface area contributed by atoms with Crippen LogP contribution in [0.25, 0.3) is 0 Å². The van der Waals surface area contributed by atoms with Crippen LogP contribution in [-0.2, 0) is 6.42 Å². The van der Waals surface area contributed by atoms with Crippen molar-refractivity contribution in [3.05, 3.63) is 33.8 Å². The summed E-state index contributed by atoms with van der Waals surface area (Å²) in [7, 11) is 0. The highest BCUT2D eigenvalue weighted by Crippen LogP contribution is 2.25. The van der Waals surface area contributed by atoms with Crippen LogP contribution in [0.15, 0.2) is 18.2 Å². The van der Waals surface area contributed by atoms with Gasteiger partial charge in [0.2, 0.25) is 0 Å². The van der Waals surface area contributed by atoms with Gasteiger partial charge >= 0.3 is 0 Å². The minimum absolute atomic E-state index is 0.138. The van der Waals surface area contributed by atoms with E-state index >= 15 is 0 Å². The van der Waals surface area contributed by atoms with Crippen molar-refractivity contribution >= 4 is 23.2 Å². The molecule has 0 amide bonds. The first-order valence-corrected chi connectivity index (χ1v) is 6.23. The van der Waals surface area contributed by atoms with Gasteiger partial charge in [-0.2, -0.15) is 0 Å². The number of hydrogen-bond donors (Lipinski definition) is 1. The van der Waals surface area contributed by atoms with Crippen LogP contribution in [0.5, 0.6) is 0 Å². The fourth-order valence-corrected chi connectivity index (χ4v) is 2.31. The number of halogens is 2. The maximum absolute atomic E-state index is 6.11. The minimum Gasteiger partial charge on any atom is -0.327 e. The number of nitrogens with two attached hydrogens (primary N) is 1. The van der Waals surface area contributed by atoms with Crippen LogP contribution in [0.2, 0.25) is 10.0 Å². The van der Waals surface area contributed by atoms with Crippen molar-refractivity contribution in [3.63, 3.8) is 0 Å². The Balaban J connectivity index is 2.66. The molecule has 0 fully saturated rings. The Labute approximate surface area is 108 Å². The molecule has 1 aromatic carbocycles. The van der Waals surface area contributed by atoms with Crippen molar-refractivity contribution in [3.8, 4) is 0 Å². The predicted octanol–water partition coefficient (Wildman–Crippen LogP) is 4.30. The first-order chi connectivity index (χ1) is 7.28. The zero-order valence-corrected chi connectivity index (χ0v) is 11.6. The SMILES string of the molecule is CC(C)(C)CC(N)Cc1ccc(Cl)cc1Cl. The molecule has 1 aromatic rings. The molecule has 0 spiro atoms. The van der Waals surface area contributed by atoms with E-state index in [1.54, 1.807) is 6.07 Å². The maximum atomic E-state index is 6.11. The molecule has 0 aliphatic heterocycles. The highest BCUT2D eigenvalue weighted by atomic mass is 35.5. The molecule has 0 heterocycles. The summed E-state index contributed by atoms with van der Waals surface area (Å²) in [4.78, 5) is 0. The minimum atomic E-state index is 0.138. The normalized spacial score (nSPS) is 13.9. The van der Waals surface area contributed by atoms with Gasteiger partial charge in [0.1, 0.15) is 0 Å². The molecular weight excluding hydrogens is 241 g/mol. The van der Waals surface area contributed by atoms with E-state index in [1.165, 1.54) is 0 Å². The van der Waals surface area contributed by atoms with Crippen molar-refractivity contribution in [1.29, 1.82) is 0 Å². The Hall–Kier alpha value is -0.240. The Morgan fingerprint density at radius 2 is 1.88 bits per heavy atom. The Morgan fingerprint density at radius 3 is 2.38 bits per heavy atom. The molecule has 3 heteroatoms. The van der Waals surface area contributed by atoms with Gasteiger partial charge in [-0.05, 0) is 36.0 Å². The Bertz CT molecular complexity index is 355. The van der Waals surface area contributed by atoms with Crippen LogP contribution in [0.3, 0.4) is 0 Å². The second-order valence-electron chi connectivity index (χ2n) is 5.46. The van der Waals surface area contributed by atoms with Crippen LogP contribution in [0, 0.1) is 5.41 Å². The highest BCUT2D eigenvalue weighted by molar-refractivity contribution is 6.35. The maximum Gasteiger partial charge on any atom is 0.0453 e. The number of benzene rings is 1. The summed E-state index contributed by atoms with van der Waals surface area (Å²) >= 11 is 11.9. The van der Waals surface area contributed by atoms with E-state index in [9.17, 15) is 0 Å². The van der Waals surface area contributed by atoms with Crippen LogP contribution < -0.4 is 5.73 Å². The van der Waals surface area contributed by atoms with Crippen molar-refractivity contribution < 1.29 is 0 Å². The fourth-order valence-electron chi connectivity index (χ4n) is 1.83. The lowest BCUT2D eigenvalue weighted by molar-refractivity contribution is 0.338. The molecule has 1 rings (SSSR count). The standard InChI is InChI=1S/C13H19Cl2N/c1-13(2,3)8-11(16)6-9-4-5-10(14)7-12(9)15/h4-5,7,11H,6,8,16H2,1-3H3. The summed E-state index contributed by atoms with van der Waals surface area (Å²) in [6.45, 7) is 6.57. The van der Waals surface area contributed by atoms with Crippen molar-refractivity contribution in [2.75, 3.05) is 0 Å². The van der Waals surface area contributed by atoms with E-state index < -0.39 is 0 Å². The molecule has 0 aliphatic rings. The molecule has 0 aromatic heterocycles. The average Bonchev–Trinajstić information content (AvgIpc) is 2.06. The van der Waals surface area contributed by atoms with Gasteiger partial charge in [0.05, 0.1) is 0 Å². The molecular formula is C13H19Cl2N. The van der Waals surface area contributed by atoms with Gasteiger partial charge in [-0.1, -0.05) is 50.0 Å². The van der Waals surface area contributed by atoms with Gasteiger partial charge in [0.25, 0.3) is 0 Å². The fraction of sp³-hybridized carbons (Fsp3) is 0.538. The lowest BCUT2D eigenvalue weighted by Gasteiger charge is -2.23. The third-order valence-corrected chi connectivity index (χ3v) is 2.96. The average molecular weight is 260 g/mol. The monoisotopic (exact) mass is 259 g/mol. The highest BCUT2D eigenvalue weighted by Gasteiger charge is 2.16. The van der Waals surface area contributed by atoms with Crippen molar-refractivity contribution in [2.24, 2.45) is 11.1 Å². The van der Waals surface area contributed by atoms with E-state index in [-0.39, 0.29) is 11.5 Å². The molecule has 16 heavy (non-hydrogen) atoms. The van der Waals surface area contributed by atoms with Gasteiger partial charge in [0.15, 0.2) is 0 Å². The molecule has 0 aliphatic carbocycles. The molecule has 2 N–H and O–H groups in total. The van der Waals surface area contributed by atoms with Crippen LogP contribution >= 0.6 is 23.2 Å². The smallest absolute Gasteiger partial charge is 0.0453 e. The summed E-state index contributed by atoms with van der Waals surface area (Å²) in [6.07, 6.45) is 1.78. The zero-order valence-electron chi connectivity index (χ0n) is 10.1. The van der Waals surface area contributed by atoms with Crippen LogP contribution in [-0.4, -0.2) is 6.04 Å². The van der Waals surface area contributed by atoms with Crippen LogP contribution in [0.1, 0.15) is 32.8 Å². The Morgan fingerprint density at radius 1 is 1.25 bits per heavy atom. The first-order valence-electron chi connectivity index (χ1n) is 5.47. The summed E-state index contributed by atoms with van der Waals surface area (Å²) in [5.41, 5.74) is 7.43. The van der Waals surface area contributed by atoms with E-state index in [2.05, 4.69) is 20.8 Å². The van der Waals surface area contributed by atoms with Crippen LogP contribution in [0.4, 0.5) is 0 Å². The van der Waals surface area contributed by atoms with E-state index in [0.29, 0.717) is 10.0 Å². The second-order valence-corrected chi connectivity index (χ2v) is 6.31. The third-order valence-electron chi connectivity index (χ3n) is 2.37. The van der Waals surface area contributed by atoms with E-state index in [1.807, 2.05) is 12.1 Å². The molecule has 0 saturated carbocycles. The largest absolute Gasteiger partial charge is 0.327 e. The second kappa shape index (κ2) is 5.39. The topological polar surface area (TPSA) is 26.0 Å². The Kier molecular flexibility index (Phi) is 4.66. The summed E-state index contributed by atoms with van der Waals surface area (Å²) in [5, 5.41) is 1.37. The van der Waals surface area contributed by atoms with Crippen molar-refractivity contribution in [2.45, 2.75) is 39.7 Å².